The molecule has 2 saturated heterocycles. The lowest BCUT2D eigenvalue weighted by Crippen LogP contribution is -2.40. The second-order valence-corrected chi connectivity index (χ2v) is 8.94. The number of carbonyl (C=O) groups is 3. The molecular weight excluding hydrogens is 426 g/mol. The molecule has 7 nitrogen and oxygen atoms in total. The van der Waals surface area contributed by atoms with E-state index in [1.54, 1.807) is 11.0 Å². The Balaban J connectivity index is 1.55. The van der Waals surface area contributed by atoms with Gasteiger partial charge in [-0.3, -0.25) is 19.3 Å². The molecule has 0 unspecified atom stereocenters. The molecule has 2 aliphatic heterocycles. The van der Waals surface area contributed by atoms with E-state index in [-0.39, 0.29) is 12.5 Å². The number of thioether (sulfide) groups is 1. The molecule has 2 fully saturated rings. The first-order valence-electron chi connectivity index (χ1n) is 10.8. The Morgan fingerprint density at radius 2 is 1.81 bits per heavy atom. The fourth-order valence-corrected chi connectivity index (χ4v) is 5.00. The van der Waals surface area contributed by atoms with Crippen molar-refractivity contribution < 1.29 is 19.1 Å². The minimum absolute atomic E-state index is 0.167. The maximum absolute atomic E-state index is 12.9. The van der Waals surface area contributed by atoms with Crippen LogP contribution >= 0.6 is 11.8 Å². The number of nitrogens with zero attached hydrogens (tertiary/aromatic N) is 3. The zero-order valence-electron chi connectivity index (χ0n) is 18.6. The molecule has 0 N–H and O–H groups in total. The highest BCUT2D eigenvalue weighted by atomic mass is 32.2. The first kappa shape index (κ1) is 22.2. The number of benzene rings is 1. The largest absolute Gasteiger partial charge is 0.494 e. The lowest BCUT2D eigenvalue weighted by atomic mass is 10.2. The Morgan fingerprint density at radius 3 is 2.47 bits per heavy atom. The summed E-state index contributed by atoms with van der Waals surface area (Å²) in [6.07, 6.45) is 3.69. The molecule has 32 heavy (non-hydrogen) atoms. The van der Waals surface area contributed by atoms with Crippen LogP contribution in [0, 0.1) is 13.8 Å². The van der Waals surface area contributed by atoms with Gasteiger partial charge in [-0.1, -0.05) is 0 Å². The smallest absolute Gasteiger partial charge is 0.294 e. The average molecular weight is 454 g/mol. The van der Waals surface area contributed by atoms with Gasteiger partial charge in [0.05, 0.1) is 11.5 Å². The van der Waals surface area contributed by atoms with Crippen molar-refractivity contribution in [3.8, 4) is 11.4 Å². The molecule has 4 rings (SSSR count). The van der Waals surface area contributed by atoms with Crippen LogP contribution in [0.4, 0.5) is 4.79 Å². The number of hydrogen-bond donors (Lipinski definition) is 0. The van der Waals surface area contributed by atoms with E-state index in [1.165, 1.54) is 0 Å². The summed E-state index contributed by atoms with van der Waals surface area (Å²) in [5, 5.41) is -0.394. The van der Waals surface area contributed by atoms with E-state index in [2.05, 4.69) is 4.57 Å². The van der Waals surface area contributed by atoms with E-state index in [0.717, 1.165) is 57.9 Å². The van der Waals surface area contributed by atoms with E-state index in [1.807, 2.05) is 51.1 Å². The molecule has 0 aliphatic carbocycles. The molecular formula is C24H27N3O4S. The van der Waals surface area contributed by atoms with Crippen molar-refractivity contribution in [2.24, 2.45) is 0 Å². The van der Waals surface area contributed by atoms with Crippen LogP contribution in [0.5, 0.6) is 5.75 Å². The van der Waals surface area contributed by atoms with Crippen LogP contribution in [0.2, 0.25) is 0 Å². The highest BCUT2D eigenvalue weighted by Gasteiger charge is 2.37. The van der Waals surface area contributed by atoms with Crippen LogP contribution in [0.15, 0.2) is 35.2 Å². The summed E-state index contributed by atoms with van der Waals surface area (Å²) in [6.45, 7) is 7.75. The Hall–Kier alpha value is -3.00. The molecule has 0 radical (unpaired) electrons. The predicted molar refractivity (Wildman–Crippen MR) is 125 cm³/mol. The van der Waals surface area contributed by atoms with Gasteiger partial charge >= 0.3 is 0 Å². The van der Waals surface area contributed by atoms with Crippen molar-refractivity contribution >= 4 is 34.9 Å². The Morgan fingerprint density at radius 1 is 1.12 bits per heavy atom. The van der Waals surface area contributed by atoms with Crippen LogP contribution in [0.3, 0.4) is 0 Å². The number of amides is 3. The van der Waals surface area contributed by atoms with Gasteiger partial charge in [0, 0.05) is 30.2 Å². The van der Waals surface area contributed by atoms with Gasteiger partial charge in [0.15, 0.2) is 0 Å². The first-order valence-corrected chi connectivity index (χ1v) is 11.7. The van der Waals surface area contributed by atoms with E-state index in [0.29, 0.717) is 24.6 Å². The van der Waals surface area contributed by atoms with Gasteiger partial charge in [0.1, 0.15) is 12.3 Å². The minimum Gasteiger partial charge on any atom is -0.494 e. The summed E-state index contributed by atoms with van der Waals surface area (Å²) in [7, 11) is 0. The number of rotatable bonds is 6. The second-order valence-electron chi connectivity index (χ2n) is 7.94. The summed E-state index contributed by atoms with van der Waals surface area (Å²) in [5.41, 5.74) is 3.84. The van der Waals surface area contributed by atoms with Gasteiger partial charge in [0.2, 0.25) is 5.91 Å². The molecule has 168 valence electrons. The Kier molecular flexibility index (Phi) is 6.41. The highest BCUT2D eigenvalue weighted by Crippen LogP contribution is 2.34. The minimum atomic E-state index is -0.404. The number of carbonyl (C=O) groups excluding carboxylic acids is 3. The van der Waals surface area contributed by atoms with Crippen LogP contribution in [-0.4, -0.2) is 57.7 Å². The Bertz CT molecular complexity index is 1080. The van der Waals surface area contributed by atoms with Crippen LogP contribution in [0.25, 0.3) is 11.8 Å². The predicted octanol–water partition coefficient (Wildman–Crippen LogP) is 4.15. The summed E-state index contributed by atoms with van der Waals surface area (Å²) in [5.74, 6) is 0.245. The van der Waals surface area contributed by atoms with Crippen molar-refractivity contribution in [1.29, 1.82) is 0 Å². The van der Waals surface area contributed by atoms with Crippen LogP contribution < -0.4 is 4.74 Å². The second kappa shape index (κ2) is 9.24. The van der Waals surface area contributed by atoms with Crippen molar-refractivity contribution in [3.05, 3.63) is 52.2 Å². The number of hydrogen-bond acceptors (Lipinski definition) is 5. The van der Waals surface area contributed by atoms with Gasteiger partial charge in [0.25, 0.3) is 11.1 Å². The molecule has 2 aliphatic rings. The number of aryl methyl sites for hydroxylation is 1. The highest BCUT2D eigenvalue weighted by molar-refractivity contribution is 8.18. The molecule has 0 saturated carbocycles. The number of imide groups is 1. The number of ether oxygens (including phenoxy) is 1. The summed E-state index contributed by atoms with van der Waals surface area (Å²) < 4.78 is 7.62. The molecule has 1 aromatic carbocycles. The molecule has 0 atom stereocenters. The van der Waals surface area contributed by atoms with Gasteiger partial charge in [-0.25, -0.2) is 0 Å². The van der Waals surface area contributed by atoms with Gasteiger partial charge in [-0.2, -0.15) is 0 Å². The van der Waals surface area contributed by atoms with E-state index >= 15 is 0 Å². The molecule has 0 spiro atoms. The normalized spacial score (nSPS) is 17.7. The Labute approximate surface area is 192 Å². The standard InChI is InChI=1S/C24H27N3O4S/c1-4-31-20-9-7-19(8-10-20)27-16(2)13-18(17(27)3)14-21-23(29)26(24(30)32-21)15-22(28)25-11-5-6-12-25/h7-10,13-14H,4-6,11-12,15H2,1-3H3. The maximum Gasteiger partial charge on any atom is 0.294 e. The summed E-state index contributed by atoms with van der Waals surface area (Å²) in [6, 6.07) is 9.84. The molecule has 8 heteroatoms. The SMILES string of the molecule is CCOc1ccc(-n2c(C)cc(C=C3SC(=O)N(CC(=O)N4CCCC4)C3=O)c2C)cc1. The van der Waals surface area contributed by atoms with Gasteiger partial charge in [-0.15, -0.1) is 0 Å². The molecule has 3 amide bonds. The monoisotopic (exact) mass is 453 g/mol. The van der Waals surface area contributed by atoms with E-state index in [4.69, 9.17) is 4.74 Å². The fourth-order valence-electron chi connectivity index (χ4n) is 4.17. The lowest BCUT2D eigenvalue weighted by molar-refractivity contribution is -0.135. The molecule has 3 heterocycles. The zero-order chi connectivity index (χ0) is 22.8. The van der Waals surface area contributed by atoms with Gasteiger partial charge < -0.3 is 14.2 Å². The first-order chi connectivity index (χ1) is 15.4. The van der Waals surface area contributed by atoms with Crippen molar-refractivity contribution in [2.75, 3.05) is 26.2 Å². The summed E-state index contributed by atoms with van der Waals surface area (Å²) in [4.78, 5) is 40.8. The van der Waals surface area contributed by atoms with Crippen LogP contribution in [-0.2, 0) is 9.59 Å². The number of likely N-dealkylation sites (tertiary alicyclic amines) is 1. The van der Waals surface area contributed by atoms with Gasteiger partial charge in [-0.05, 0) is 87.3 Å². The molecule has 0 bridgehead atoms. The van der Waals surface area contributed by atoms with Crippen molar-refractivity contribution in [2.45, 2.75) is 33.6 Å². The molecule has 2 aromatic rings. The number of aromatic nitrogens is 1. The average Bonchev–Trinajstić information content (AvgIpc) is 3.46. The van der Waals surface area contributed by atoms with Crippen molar-refractivity contribution in [3.63, 3.8) is 0 Å². The maximum atomic E-state index is 12.9. The van der Waals surface area contributed by atoms with E-state index in [9.17, 15) is 14.4 Å². The third-order valence-electron chi connectivity index (χ3n) is 5.79. The quantitative estimate of drug-likeness (QED) is 0.615. The van der Waals surface area contributed by atoms with Crippen LogP contribution in [0.1, 0.15) is 36.7 Å². The topological polar surface area (TPSA) is 71.8 Å². The van der Waals surface area contributed by atoms with E-state index < -0.39 is 11.1 Å². The fraction of sp³-hybridized carbons (Fsp3) is 0.375. The third kappa shape index (κ3) is 4.32. The summed E-state index contributed by atoms with van der Waals surface area (Å²) >= 11 is 0.890. The molecule has 1 aromatic heterocycles. The zero-order valence-corrected chi connectivity index (χ0v) is 19.4. The lowest BCUT2D eigenvalue weighted by Gasteiger charge is -2.18. The van der Waals surface area contributed by atoms with Crippen molar-refractivity contribution in [1.82, 2.24) is 14.4 Å². The third-order valence-corrected chi connectivity index (χ3v) is 6.70.